The Bertz CT molecular complexity index is 859. The molecule has 0 aliphatic rings. The zero-order valence-corrected chi connectivity index (χ0v) is 14.4. The highest BCUT2D eigenvalue weighted by Crippen LogP contribution is 2.28. The fraction of sp³-hybridized carbons (Fsp3) is 0.167. The minimum Gasteiger partial charge on any atom is -0.496 e. The molecule has 3 N–H and O–H groups in total. The number of methoxy groups -OCH3 is 1. The summed E-state index contributed by atoms with van der Waals surface area (Å²) in [6, 6.07) is 13.0. The molecule has 128 valence electrons. The zero-order chi connectivity index (χ0) is 18.6. The summed E-state index contributed by atoms with van der Waals surface area (Å²) in [6.45, 7) is 1.50. The molecule has 0 saturated carbocycles. The number of anilines is 1. The number of nitrogens with zero attached hydrogens (tertiary/aromatic N) is 1. The lowest BCUT2D eigenvalue weighted by atomic mass is 9.83. The zero-order valence-electron chi connectivity index (χ0n) is 13.7. The maximum Gasteiger partial charge on any atom is 0.252 e. The maximum absolute atomic E-state index is 12.7. The second kappa shape index (κ2) is 7.24. The molecule has 1 unspecified atom stereocenters. The number of ether oxygens (including phenoxy) is 1. The Kier molecular flexibility index (Phi) is 5.30. The lowest BCUT2D eigenvalue weighted by Crippen LogP contribution is -2.36. The molecule has 0 aromatic heterocycles. The van der Waals surface area contributed by atoms with Gasteiger partial charge in [0.1, 0.15) is 5.75 Å². The summed E-state index contributed by atoms with van der Waals surface area (Å²) in [6.07, 6.45) is 0. The van der Waals surface area contributed by atoms with Crippen LogP contribution in [0.25, 0.3) is 0 Å². The summed E-state index contributed by atoms with van der Waals surface area (Å²) in [4.78, 5) is 24.2. The number of carbonyl (C=O) groups excluding carboxylic acids is 2. The lowest BCUT2D eigenvalue weighted by Gasteiger charge is -2.21. The van der Waals surface area contributed by atoms with Crippen LogP contribution in [-0.2, 0) is 10.2 Å². The van der Waals surface area contributed by atoms with Gasteiger partial charge in [0.05, 0.1) is 18.7 Å². The van der Waals surface area contributed by atoms with Crippen molar-refractivity contribution in [1.29, 1.82) is 5.26 Å². The maximum atomic E-state index is 12.7. The third kappa shape index (κ3) is 3.73. The smallest absolute Gasteiger partial charge is 0.252 e. The Morgan fingerprint density at radius 1 is 1.24 bits per heavy atom. The first-order valence-corrected chi connectivity index (χ1v) is 7.66. The van der Waals surface area contributed by atoms with Gasteiger partial charge in [-0.05, 0) is 42.8 Å². The minimum atomic E-state index is -1.43. The van der Waals surface area contributed by atoms with Crippen LogP contribution in [0.3, 0.4) is 0 Å². The third-order valence-electron chi connectivity index (χ3n) is 3.82. The SMILES string of the molecule is COc1ccc(NC(=O)C(C)(C#N)c2ccc(Cl)cc2)cc1C(N)=O. The Balaban J connectivity index is 2.34. The summed E-state index contributed by atoms with van der Waals surface area (Å²) in [5, 5.41) is 12.7. The molecule has 0 spiro atoms. The fourth-order valence-electron chi connectivity index (χ4n) is 2.26. The average Bonchev–Trinajstić information content (AvgIpc) is 2.61. The molecule has 7 heteroatoms. The molecular formula is C18H16ClN3O3. The first-order chi connectivity index (χ1) is 11.8. The molecule has 1 atom stereocenters. The van der Waals surface area contributed by atoms with E-state index in [2.05, 4.69) is 5.32 Å². The van der Waals surface area contributed by atoms with Gasteiger partial charge in [-0.2, -0.15) is 5.26 Å². The van der Waals surface area contributed by atoms with E-state index < -0.39 is 17.2 Å². The van der Waals surface area contributed by atoms with Crippen LogP contribution in [0.5, 0.6) is 5.75 Å². The summed E-state index contributed by atoms with van der Waals surface area (Å²) < 4.78 is 5.06. The van der Waals surface area contributed by atoms with Gasteiger partial charge in [0.2, 0.25) is 5.91 Å². The van der Waals surface area contributed by atoms with Gasteiger partial charge in [-0.3, -0.25) is 9.59 Å². The quantitative estimate of drug-likeness (QED) is 0.858. The molecule has 0 heterocycles. The number of halogens is 1. The van der Waals surface area contributed by atoms with E-state index >= 15 is 0 Å². The van der Waals surface area contributed by atoms with Crippen molar-refractivity contribution < 1.29 is 14.3 Å². The highest BCUT2D eigenvalue weighted by atomic mass is 35.5. The van der Waals surface area contributed by atoms with Crippen molar-refractivity contribution in [1.82, 2.24) is 0 Å². The average molecular weight is 358 g/mol. The second-order valence-corrected chi connectivity index (χ2v) is 5.91. The first kappa shape index (κ1) is 18.3. The molecule has 2 aromatic rings. The monoisotopic (exact) mass is 357 g/mol. The number of hydrogen-bond acceptors (Lipinski definition) is 4. The number of carbonyl (C=O) groups is 2. The van der Waals surface area contributed by atoms with Crippen molar-refractivity contribution in [3.05, 3.63) is 58.6 Å². The van der Waals surface area contributed by atoms with Gasteiger partial charge in [-0.1, -0.05) is 23.7 Å². The van der Waals surface area contributed by atoms with Crippen molar-refractivity contribution in [3.8, 4) is 11.8 Å². The molecule has 6 nitrogen and oxygen atoms in total. The van der Waals surface area contributed by atoms with Gasteiger partial charge in [0, 0.05) is 10.7 Å². The van der Waals surface area contributed by atoms with Gasteiger partial charge in [0.25, 0.3) is 5.91 Å². The van der Waals surface area contributed by atoms with Gasteiger partial charge in [-0.25, -0.2) is 0 Å². The van der Waals surface area contributed by atoms with Crippen LogP contribution in [0, 0.1) is 11.3 Å². The van der Waals surface area contributed by atoms with Gasteiger partial charge in [0.15, 0.2) is 5.41 Å². The summed E-state index contributed by atoms with van der Waals surface area (Å²) in [5.74, 6) is -0.933. The Morgan fingerprint density at radius 2 is 1.88 bits per heavy atom. The molecular weight excluding hydrogens is 342 g/mol. The lowest BCUT2D eigenvalue weighted by molar-refractivity contribution is -0.119. The fourth-order valence-corrected chi connectivity index (χ4v) is 2.39. The van der Waals surface area contributed by atoms with Crippen molar-refractivity contribution >= 4 is 29.1 Å². The van der Waals surface area contributed by atoms with Crippen LogP contribution in [0.15, 0.2) is 42.5 Å². The molecule has 2 aromatic carbocycles. The predicted octanol–water partition coefficient (Wildman–Crippen LogP) is 2.87. The molecule has 2 amide bonds. The molecule has 2 rings (SSSR count). The van der Waals surface area contributed by atoms with E-state index in [1.54, 1.807) is 30.3 Å². The summed E-state index contributed by atoms with van der Waals surface area (Å²) in [7, 11) is 1.41. The van der Waals surface area contributed by atoms with E-state index in [1.807, 2.05) is 6.07 Å². The van der Waals surface area contributed by atoms with Crippen molar-refractivity contribution in [2.75, 3.05) is 12.4 Å². The molecule has 0 aliphatic carbocycles. The topological polar surface area (TPSA) is 105 Å². The molecule has 0 bridgehead atoms. The van der Waals surface area contributed by atoms with Crippen molar-refractivity contribution in [2.45, 2.75) is 12.3 Å². The minimum absolute atomic E-state index is 0.130. The Morgan fingerprint density at radius 3 is 2.40 bits per heavy atom. The van der Waals surface area contributed by atoms with Gasteiger partial charge >= 0.3 is 0 Å². The number of nitriles is 1. The largest absolute Gasteiger partial charge is 0.496 e. The normalized spacial score (nSPS) is 12.6. The number of rotatable bonds is 5. The Hall–Kier alpha value is -3.04. The predicted molar refractivity (Wildman–Crippen MR) is 94.6 cm³/mol. The highest BCUT2D eigenvalue weighted by Gasteiger charge is 2.35. The molecule has 25 heavy (non-hydrogen) atoms. The van der Waals surface area contributed by atoms with E-state index in [9.17, 15) is 14.9 Å². The molecule has 0 fully saturated rings. The van der Waals surface area contributed by atoms with E-state index in [0.29, 0.717) is 22.0 Å². The van der Waals surface area contributed by atoms with Crippen molar-refractivity contribution in [2.24, 2.45) is 5.73 Å². The number of primary amides is 1. The second-order valence-electron chi connectivity index (χ2n) is 5.48. The van der Waals surface area contributed by atoms with Crippen molar-refractivity contribution in [3.63, 3.8) is 0 Å². The Labute approximate surface area is 150 Å². The van der Waals surface area contributed by atoms with E-state index in [-0.39, 0.29) is 5.56 Å². The number of amides is 2. The molecule has 0 saturated heterocycles. The van der Waals surface area contributed by atoms with E-state index in [4.69, 9.17) is 22.1 Å². The van der Waals surface area contributed by atoms with Crippen LogP contribution in [0.1, 0.15) is 22.8 Å². The number of benzene rings is 2. The van der Waals surface area contributed by atoms with Gasteiger partial charge < -0.3 is 15.8 Å². The van der Waals surface area contributed by atoms with Crippen LogP contribution in [0.4, 0.5) is 5.69 Å². The molecule has 0 aliphatic heterocycles. The number of nitrogens with one attached hydrogen (secondary N) is 1. The van der Waals surface area contributed by atoms with E-state index in [1.165, 1.54) is 26.2 Å². The summed E-state index contributed by atoms with van der Waals surface area (Å²) >= 11 is 5.85. The van der Waals surface area contributed by atoms with Gasteiger partial charge in [-0.15, -0.1) is 0 Å². The molecule has 0 radical (unpaired) electrons. The van der Waals surface area contributed by atoms with Crippen LogP contribution in [-0.4, -0.2) is 18.9 Å². The van der Waals surface area contributed by atoms with Crippen LogP contribution in [0.2, 0.25) is 5.02 Å². The van der Waals surface area contributed by atoms with Crippen LogP contribution >= 0.6 is 11.6 Å². The number of hydrogen-bond donors (Lipinski definition) is 2. The summed E-state index contributed by atoms with van der Waals surface area (Å²) in [5.41, 5.74) is 4.84. The standard InChI is InChI=1S/C18H16ClN3O3/c1-18(10-20,11-3-5-12(19)6-4-11)17(24)22-13-7-8-15(25-2)14(9-13)16(21)23/h3-9H,1-2H3,(H2,21,23)(H,22,24). The van der Waals surface area contributed by atoms with E-state index in [0.717, 1.165) is 0 Å². The van der Waals surface area contributed by atoms with Crippen LogP contribution < -0.4 is 15.8 Å². The highest BCUT2D eigenvalue weighted by molar-refractivity contribution is 6.30. The number of nitrogens with two attached hydrogens (primary N) is 1. The first-order valence-electron chi connectivity index (χ1n) is 7.28. The third-order valence-corrected chi connectivity index (χ3v) is 4.07.